The van der Waals surface area contributed by atoms with E-state index in [0.717, 1.165) is 59.1 Å². The van der Waals surface area contributed by atoms with Gasteiger partial charge in [0, 0.05) is 26.2 Å². The summed E-state index contributed by atoms with van der Waals surface area (Å²) in [5, 5.41) is 13.6. The van der Waals surface area contributed by atoms with Crippen molar-refractivity contribution in [2.45, 2.75) is 168 Å². The van der Waals surface area contributed by atoms with Gasteiger partial charge >= 0.3 is 24.4 Å². The van der Waals surface area contributed by atoms with Gasteiger partial charge in [0.2, 0.25) is 11.9 Å². The molecule has 6 aromatic rings. The Balaban J connectivity index is 1.20. The molecule has 0 aliphatic rings. The number of guanidine groups is 2. The molecule has 90 heavy (non-hydrogen) atoms. The summed E-state index contributed by atoms with van der Waals surface area (Å²) >= 11 is 0. The zero-order valence-corrected chi connectivity index (χ0v) is 55.3. The largest absolute Gasteiger partial charge is 0.444 e. The Kier molecular flexibility index (Phi) is 26.3. The summed E-state index contributed by atoms with van der Waals surface area (Å²) in [5.74, 6) is 0.0907. The third kappa shape index (κ3) is 22.9. The van der Waals surface area contributed by atoms with E-state index >= 15 is 0 Å². The number of amides is 4. The molecule has 0 heterocycles. The summed E-state index contributed by atoms with van der Waals surface area (Å²) in [4.78, 5) is 66.8. The molecule has 6 aromatic carbocycles. The fourth-order valence-electron chi connectivity index (χ4n) is 10.7. The Morgan fingerprint density at radius 3 is 0.778 bits per heavy atom. The van der Waals surface area contributed by atoms with Crippen molar-refractivity contribution < 1.29 is 38.1 Å². The zero-order valence-electron chi connectivity index (χ0n) is 55.3. The topological polar surface area (TPSA) is 185 Å². The number of ether oxygens (including phenoxy) is 4. The predicted molar refractivity (Wildman–Crippen MR) is 361 cm³/mol. The maximum Gasteiger partial charge on any atom is 0.437 e. The molecule has 0 aromatic heterocycles. The second-order valence-electron chi connectivity index (χ2n) is 26.4. The number of benzene rings is 6. The van der Waals surface area contributed by atoms with Gasteiger partial charge in [-0.3, -0.25) is 21.3 Å². The standard InChI is InChI=1S/C74H98N8O8/c1-69(2,3)87-65(83)77-63(78-66(84)88-70(4,5)6)81(55-37-51-75-73(57-39-23-17-24-40-57,58-41-25-18-26-42-58)59-43-27-19-28-44-59)53-35-15-13-14-16-36-54-82(64(79-67(85)89-71(7,8)9)80-68(86)90-72(10,11)12)56-38-52-76-74(60-45-29-20-30-46-60,61-47-31-21-32-48-61)62-49-33-22-34-50-62/h17-34,39-50,75-76H,13-16,35-38,51-56H2,1-12H3,(H,77,78,83,84)(H,79,80,85,86). The molecule has 0 atom stereocenters. The first kappa shape index (κ1) is 70.7. The summed E-state index contributed by atoms with van der Waals surface area (Å²) in [5.41, 5.74) is 1.78. The van der Waals surface area contributed by atoms with Crippen molar-refractivity contribution >= 4 is 36.3 Å². The van der Waals surface area contributed by atoms with Gasteiger partial charge in [-0.25, -0.2) is 19.2 Å². The van der Waals surface area contributed by atoms with E-state index in [2.05, 4.69) is 177 Å². The lowest BCUT2D eigenvalue weighted by Crippen LogP contribution is -2.49. The first-order chi connectivity index (χ1) is 42.8. The summed E-state index contributed by atoms with van der Waals surface area (Å²) in [7, 11) is 0. The molecule has 0 aliphatic heterocycles. The normalized spacial score (nSPS) is 12.6. The average Bonchev–Trinajstić information content (AvgIpc) is 0.780. The monoisotopic (exact) mass is 1230 g/mol. The van der Waals surface area contributed by atoms with Crippen molar-refractivity contribution in [3.05, 3.63) is 215 Å². The number of nitrogens with one attached hydrogen (secondary N) is 4. The molecule has 0 saturated heterocycles. The molecular weight excluding hydrogens is 1130 g/mol. The van der Waals surface area contributed by atoms with Crippen molar-refractivity contribution in [1.82, 2.24) is 31.1 Å². The fraction of sp³-hybridized carbons (Fsp3) is 0.432. The number of hydrogen-bond donors (Lipinski definition) is 4. The highest BCUT2D eigenvalue weighted by molar-refractivity contribution is 5.99. The van der Waals surface area contributed by atoms with Crippen LogP contribution in [0.4, 0.5) is 19.2 Å². The van der Waals surface area contributed by atoms with E-state index < -0.39 is 57.9 Å². The van der Waals surface area contributed by atoms with Crippen LogP contribution in [0.2, 0.25) is 0 Å². The van der Waals surface area contributed by atoms with Crippen molar-refractivity contribution in [3.63, 3.8) is 0 Å². The summed E-state index contributed by atoms with van der Waals surface area (Å²) in [6.45, 7) is 24.1. The molecule has 0 fully saturated rings. The average molecular weight is 1230 g/mol. The lowest BCUT2D eigenvalue weighted by molar-refractivity contribution is 0.0535. The van der Waals surface area contributed by atoms with Crippen LogP contribution in [0.15, 0.2) is 192 Å². The number of rotatable bonds is 25. The summed E-state index contributed by atoms with van der Waals surface area (Å²) in [6.07, 6.45) is 2.87. The lowest BCUT2D eigenvalue weighted by Gasteiger charge is -2.37. The lowest BCUT2D eigenvalue weighted by atomic mass is 9.77. The number of carbonyl (C=O) groups excluding carboxylic acids is 4. The van der Waals surface area contributed by atoms with E-state index in [4.69, 9.17) is 18.9 Å². The highest BCUT2D eigenvalue weighted by Gasteiger charge is 2.37. The van der Waals surface area contributed by atoms with Gasteiger partial charge in [0.05, 0.1) is 11.1 Å². The van der Waals surface area contributed by atoms with Crippen LogP contribution in [-0.2, 0) is 30.0 Å². The van der Waals surface area contributed by atoms with E-state index in [1.54, 1.807) is 83.1 Å². The Bertz CT molecular complexity index is 2780. The third-order valence-electron chi connectivity index (χ3n) is 14.3. The molecular formula is C74H98N8O8. The number of carbonyl (C=O) groups is 4. The molecule has 0 radical (unpaired) electrons. The third-order valence-corrected chi connectivity index (χ3v) is 14.3. The minimum Gasteiger partial charge on any atom is -0.444 e. The number of nitrogens with zero attached hydrogens (tertiary/aromatic N) is 4. The van der Waals surface area contributed by atoms with E-state index in [1.807, 2.05) is 46.2 Å². The van der Waals surface area contributed by atoms with Crippen LogP contribution in [0.3, 0.4) is 0 Å². The number of hydrogen-bond acceptors (Lipinski definition) is 10. The SMILES string of the molecule is CC(C)(C)OC(=O)/N=C(\NC(=O)OC(C)(C)C)N(CCCCCCCCN(CCCNC(c1ccccc1)(c1ccccc1)c1ccccc1)/C(=N/C(=O)OC(C)(C)C)NC(=O)OC(C)(C)C)CCCNC(c1ccccc1)(c1ccccc1)c1ccccc1. The van der Waals surface area contributed by atoms with Gasteiger partial charge < -0.3 is 28.7 Å². The van der Waals surface area contributed by atoms with Crippen LogP contribution < -0.4 is 21.3 Å². The molecule has 16 nitrogen and oxygen atoms in total. The number of unbranched alkanes of at least 4 members (excludes halogenated alkanes) is 5. The molecule has 0 aliphatic carbocycles. The van der Waals surface area contributed by atoms with Crippen LogP contribution in [0.1, 0.15) is 168 Å². The smallest absolute Gasteiger partial charge is 0.437 e. The van der Waals surface area contributed by atoms with E-state index in [9.17, 15) is 19.2 Å². The molecule has 4 amide bonds. The highest BCUT2D eigenvalue weighted by Crippen LogP contribution is 2.38. The zero-order chi connectivity index (χ0) is 65.3. The molecule has 0 unspecified atom stereocenters. The van der Waals surface area contributed by atoms with Gasteiger partial charge in [-0.2, -0.15) is 0 Å². The van der Waals surface area contributed by atoms with E-state index in [0.29, 0.717) is 65.0 Å². The van der Waals surface area contributed by atoms with Crippen molar-refractivity contribution in [3.8, 4) is 0 Å². The van der Waals surface area contributed by atoms with E-state index in [-0.39, 0.29) is 11.9 Å². The first-order valence-corrected chi connectivity index (χ1v) is 31.7. The predicted octanol–water partition coefficient (Wildman–Crippen LogP) is 15.5. The minimum atomic E-state index is -0.835. The highest BCUT2D eigenvalue weighted by atomic mass is 16.6. The molecule has 4 N–H and O–H groups in total. The van der Waals surface area contributed by atoms with Crippen LogP contribution in [-0.4, -0.2) is 108 Å². The molecule has 0 bridgehead atoms. The van der Waals surface area contributed by atoms with Crippen LogP contribution in [0, 0.1) is 0 Å². The molecule has 16 heteroatoms. The molecule has 0 spiro atoms. The van der Waals surface area contributed by atoms with Crippen molar-refractivity contribution in [2.24, 2.45) is 9.98 Å². The first-order valence-electron chi connectivity index (χ1n) is 31.7. The summed E-state index contributed by atoms with van der Waals surface area (Å²) in [6, 6.07) is 62.5. The Hall–Kier alpha value is -8.34. The van der Waals surface area contributed by atoms with Crippen LogP contribution in [0.25, 0.3) is 0 Å². The molecule has 0 saturated carbocycles. The van der Waals surface area contributed by atoms with Gasteiger partial charge in [0.1, 0.15) is 22.4 Å². The van der Waals surface area contributed by atoms with Gasteiger partial charge in [-0.1, -0.05) is 208 Å². The second kappa shape index (κ2) is 33.5. The number of alkyl carbamates (subject to hydrolysis) is 2. The Morgan fingerprint density at radius 2 is 0.544 bits per heavy atom. The maximum atomic E-state index is 13.6. The van der Waals surface area contributed by atoms with Gasteiger partial charge in [-0.15, -0.1) is 9.98 Å². The minimum absolute atomic E-state index is 0.0453. The Morgan fingerprint density at radius 1 is 0.322 bits per heavy atom. The van der Waals surface area contributed by atoms with Gasteiger partial charge in [-0.05, 0) is 155 Å². The van der Waals surface area contributed by atoms with Crippen molar-refractivity contribution in [2.75, 3.05) is 39.3 Å². The second-order valence-corrected chi connectivity index (χ2v) is 26.4. The van der Waals surface area contributed by atoms with Crippen LogP contribution in [0.5, 0.6) is 0 Å². The quantitative estimate of drug-likeness (QED) is 0.0140. The van der Waals surface area contributed by atoms with Gasteiger partial charge in [0.25, 0.3) is 0 Å². The number of aliphatic imine (C=N–C) groups is 2. The molecule has 482 valence electrons. The van der Waals surface area contributed by atoms with Crippen molar-refractivity contribution in [1.29, 1.82) is 0 Å². The molecule has 6 rings (SSSR count). The van der Waals surface area contributed by atoms with E-state index in [1.165, 1.54) is 0 Å². The maximum absolute atomic E-state index is 13.6. The fourth-order valence-corrected chi connectivity index (χ4v) is 10.7. The van der Waals surface area contributed by atoms with Gasteiger partial charge in [0.15, 0.2) is 0 Å². The Labute approximate surface area is 535 Å². The summed E-state index contributed by atoms with van der Waals surface area (Å²) < 4.78 is 22.8. The van der Waals surface area contributed by atoms with Crippen LogP contribution >= 0.6 is 0 Å².